The first-order chi connectivity index (χ1) is 15.8. The van der Waals surface area contributed by atoms with Gasteiger partial charge < -0.3 is 5.32 Å². The lowest BCUT2D eigenvalue weighted by Crippen LogP contribution is -2.23. The summed E-state index contributed by atoms with van der Waals surface area (Å²) < 4.78 is 30.8. The molecule has 0 saturated carbocycles. The highest BCUT2D eigenvalue weighted by Gasteiger charge is 2.20. The molecule has 0 aliphatic rings. The van der Waals surface area contributed by atoms with Gasteiger partial charge in [0.05, 0.1) is 16.3 Å². The second kappa shape index (κ2) is 8.79. The van der Waals surface area contributed by atoms with Crippen LogP contribution in [0.3, 0.4) is 0 Å². The van der Waals surface area contributed by atoms with E-state index in [0.29, 0.717) is 17.1 Å². The molecule has 0 spiro atoms. The van der Waals surface area contributed by atoms with Crippen LogP contribution >= 0.6 is 0 Å². The molecule has 8 nitrogen and oxygen atoms in total. The fourth-order valence-corrected chi connectivity index (χ4v) is 4.46. The first-order valence-electron chi connectivity index (χ1n) is 10.1. The summed E-state index contributed by atoms with van der Waals surface area (Å²) >= 11 is 0. The zero-order valence-corrected chi connectivity index (χ0v) is 18.8. The Hall–Kier alpha value is -4.11. The van der Waals surface area contributed by atoms with Gasteiger partial charge in [-0.1, -0.05) is 36.4 Å². The van der Waals surface area contributed by atoms with Crippen molar-refractivity contribution >= 4 is 27.3 Å². The molecule has 4 rings (SSSR count). The topological polar surface area (TPSA) is 102 Å². The van der Waals surface area contributed by atoms with E-state index in [1.165, 1.54) is 28.9 Å². The van der Waals surface area contributed by atoms with E-state index in [0.717, 1.165) is 0 Å². The average Bonchev–Trinajstić information content (AvgIpc) is 3.03. The Kier molecular flexibility index (Phi) is 5.89. The van der Waals surface area contributed by atoms with Crippen molar-refractivity contribution in [2.24, 2.45) is 7.05 Å². The molecule has 4 aromatic rings. The maximum Gasteiger partial charge on any atom is 0.295 e. The van der Waals surface area contributed by atoms with E-state index in [1.807, 2.05) is 18.2 Å². The van der Waals surface area contributed by atoms with Crippen LogP contribution in [-0.4, -0.2) is 23.7 Å². The Balaban J connectivity index is 1.56. The van der Waals surface area contributed by atoms with Gasteiger partial charge in [-0.05, 0) is 55.5 Å². The molecule has 0 fully saturated rings. The Morgan fingerprint density at radius 2 is 1.42 bits per heavy atom. The number of carbonyl (C=O) groups excluding carboxylic acids is 1. The van der Waals surface area contributed by atoms with E-state index in [1.54, 1.807) is 61.1 Å². The molecule has 0 aliphatic heterocycles. The molecule has 9 heteroatoms. The first-order valence-corrected chi connectivity index (χ1v) is 11.6. The lowest BCUT2D eigenvalue weighted by Gasteiger charge is -2.09. The second-order valence-electron chi connectivity index (χ2n) is 7.39. The normalized spacial score (nSPS) is 11.2. The van der Waals surface area contributed by atoms with Gasteiger partial charge in [0.2, 0.25) is 0 Å². The van der Waals surface area contributed by atoms with Crippen LogP contribution in [0, 0.1) is 6.92 Å². The summed E-state index contributed by atoms with van der Waals surface area (Å²) in [4.78, 5) is 25.8. The van der Waals surface area contributed by atoms with Crippen LogP contribution in [0.4, 0.5) is 11.4 Å². The quantitative estimate of drug-likeness (QED) is 0.458. The van der Waals surface area contributed by atoms with E-state index < -0.39 is 15.9 Å². The molecule has 0 saturated heterocycles. The Labute approximate surface area is 191 Å². The summed E-state index contributed by atoms with van der Waals surface area (Å²) in [7, 11) is -2.06. The summed E-state index contributed by atoms with van der Waals surface area (Å²) in [6.07, 6.45) is 0. The second-order valence-corrected chi connectivity index (χ2v) is 9.07. The molecular weight excluding hydrogens is 440 g/mol. The van der Waals surface area contributed by atoms with Gasteiger partial charge in [0, 0.05) is 18.3 Å². The number of aromatic nitrogens is 2. The van der Waals surface area contributed by atoms with Gasteiger partial charge in [-0.2, -0.15) is 0 Å². The van der Waals surface area contributed by atoms with Gasteiger partial charge in [0.15, 0.2) is 0 Å². The molecule has 0 aliphatic carbocycles. The minimum Gasteiger partial charge on any atom is -0.316 e. The number of carbonyl (C=O) groups is 1. The van der Waals surface area contributed by atoms with Crippen LogP contribution in [0.2, 0.25) is 0 Å². The van der Waals surface area contributed by atoms with Gasteiger partial charge in [0.1, 0.15) is 5.69 Å². The molecule has 0 bridgehead atoms. The van der Waals surface area contributed by atoms with E-state index in [4.69, 9.17) is 0 Å². The number of benzene rings is 3. The monoisotopic (exact) mass is 462 g/mol. The maximum absolute atomic E-state index is 13.0. The predicted octanol–water partition coefficient (Wildman–Crippen LogP) is 3.54. The van der Waals surface area contributed by atoms with E-state index in [-0.39, 0.29) is 21.7 Å². The molecule has 1 heterocycles. The number of hydrogen-bond acceptors (Lipinski definition) is 4. The van der Waals surface area contributed by atoms with E-state index in [9.17, 15) is 18.0 Å². The van der Waals surface area contributed by atoms with Crippen LogP contribution < -0.4 is 15.6 Å². The third kappa shape index (κ3) is 4.44. The van der Waals surface area contributed by atoms with Crippen molar-refractivity contribution < 1.29 is 13.2 Å². The van der Waals surface area contributed by atoms with Crippen molar-refractivity contribution in [2.75, 3.05) is 10.0 Å². The molecule has 2 N–H and O–H groups in total. The molecule has 3 aromatic carbocycles. The SMILES string of the molecule is Cc1c(NC(=O)c2ccc(S(=O)(=O)Nc3ccccc3)cc2)c(=O)n(-c2ccccc2)n1C. The zero-order valence-electron chi connectivity index (χ0n) is 18.0. The van der Waals surface area contributed by atoms with Crippen LogP contribution in [-0.2, 0) is 17.1 Å². The summed E-state index contributed by atoms with van der Waals surface area (Å²) in [6, 6.07) is 23.1. The smallest absolute Gasteiger partial charge is 0.295 e. The van der Waals surface area contributed by atoms with Crippen LogP contribution in [0.25, 0.3) is 5.69 Å². The third-order valence-electron chi connectivity index (χ3n) is 5.25. The lowest BCUT2D eigenvalue weighted by atomic mass is 10.2. The highest BCUT2D eigenvalue weighted by atomic mass is 32.2. The standard InChI is InChI=1S/C24H22N4O4S/c1-17-22(24(30)28(27(17)2)20-11-7-4-8-12-20)25-23(29)18-13-15-21(16-14-18)33(31,32)26-19-9-5-3-6-10-19/h3-16,26H,1-2H3,(H,25,29). The minimum atomic E-state index is -3.80. The number of hydrogen-bond donors (Lipinski definition) is 2. The largest absolute Gasteiger partial charge is 0.316 e. The number of nitrogens with one attached hydrogen (secondary N) is 2. The molecule has 168 valence electrons. The molecule has 0 unspecified atom stereocenters. The molecule has 33 heavy (non-hydrogen) atoms. The van der Waals surface area contributed by atoms with Crippen LogP contribution in [0.1, 0.15) is 16.1 Å². The fourth-order valence-electron chi connectivity index (χ4n) is 3.40. The zero-order chi connectivity index (χ0) is 23.6. The Morgan fingerprint density at radius 3 is 2.03 bits per heavy atom. The number of sulfonamides is 1. The minimum absolute atomic E-state index is 0.0187. The van der Waals surface area contributed by atoms with Crippen molar-refractivity contribution in [1.29, 1.82) is 0 Å². The number of amides is 1. The van der Waals surface area contributed by atoms with Gasteiger partial charge in [0.25, 0.3) is 21.5 Å². The van der Waals surface area contributed by atoms with E-state index >= 15 is 0 Å². The summed E-state index contributed by atoms with van der Waals surface area (Å²) in [5, 5.41) is 2.67. The van der Waals surface area contributed by atoms with Crippen LogP contribution in [0.5, 0.6) is 0 Å². The molecule has 0 atom stereocenters. The number of rotatable bonds is 6. The third-order valence-corrected chi connectivity index (χ3v) is 6.64. The fraction of sp³-hybridized carbons (Fsp3) is 0.0833. The number of para-hydroxylation sites is 2. The highest BCUT2D eigenvalue weighted by Crippen LogP contribution is 2.18. The van der Waals surface area contributed by atoms with Gasteiger partial charge in [-0.15, -0.1) is 0 Å². The van der Waals surface area contributed by atoms with E-state index in [2.05, 4.69) is 10.0 Å². The molecule has 1 aromatic heterocycles. The van der Waals surface area contributed by atoms with Crippen LogP contribution in [0.15, 0.2) is 94.6 Å². The Morgan fingerprint density at radius 1 is 0.848 bits per heavy atom. The van der Waals surface area contributed by atoms with Crippen molar-refractivity contribution in [3.8, 4) is 5.69 Å². The maximum atomic E-state index is 13.0. The Bertz CT molecular complexity index is 1460. The number of anilines is 2. The highest BCUT2D eigenvalue weighted by molar-refractivity contribution is 7.92. The number of nitrogens with zero attached hydrogens (tertiary/aromatic N) is 2. The molecule has 1 amide bonds. The summed E-state index contributed by atoms with van der Waals surface area (Å²) in [5.74, 6) is -0.513. The predicted molar refractivity (Wildman–Crippen MR) is 127 cm³/mol. The van der Waals surface area contributed by atoms with Crippen molar-refractivity contribution in [2.45, 2.75) is 11.8 Å². The average molecular weight is 463 g/mol. The lowest BCUT2D eigenvalue weighted by molar-refractivity contribution is 0.102. The summed E-state index contributed by atoms with van der Waals surface area (Å²) in [6.45, 7) is 1.74. The molecule has 0 radical (unpaired) electrons. The first kappa shape index (κ1) is 22.1. The molecular formula is C24H22N4O4S. The van der Waals surface area contributed by atoms with Crippen molar-refractivity contribution in [3.63, 3.8) is 0 Å². The van der Waals surface area contributed by atoms with Gasteiger partial charge in [-0.3, -0.25) is 19.0 Å². The van der Waals surface area contributed by atoms with Crippen molar-refractivity contribution in [3.05, 3.63) is 107 Å². The van der Waals surface area contributed by atoms with Crippen molar-refractivity contribution in [1.82, 2.24) is 9.36 Å². The van der Waals surface area contributed by atoms with Gasteiger partial charge >= 0.3 is 0 Å². The van der Waals surface area contributed by atoms with Gasteiger partial charge in [-0.25, -0.2) is 13.1 Å². The summed E-state index contributed by atoms with van der Waals surface area (Å²) in [5.41, 5.74) is 1.73.